The number of rotatable bonds is 5. The number of carbonyl (C=O) groups excluding carboxylic acids is 1. The van der Waals surface area contributed by atoms with Crippen LogP contribution >= 0.6 is 23.2 Å². The zero-order valence-corrected chi connectivity index (χ0v) is 17.0. The van der Waals surface area contributed by atoms with Crippen LogP contribution in [0.25, 0.3) is 11.0 Å². The van der Waals surface area contributed by atoms with Crippen molar-refractivity contribution in [3.8, 4) is 17.5 Å². The Balaban J connectivity index is 1.59. The molecule has 0 atom stereocenters. The molecular formula is C18H13Cl2N5O5. The molecule has 2 aromatic heterocycles. The Morgan fingerprint density at radius 2 is 1.97 bits per heavy atom. The Labute approximate surface area is 178 Å². The molecule has 30 heavy (non-hydrogen) atoms. The number of hydrogen-bond acceptors (Lipinski definition) is 7. The molecule has 0 unspecified atom stereocenters. The lowest BCUT2D eigenvalue weighted by molar-refractivity contribution is 0.101. The topological polar surface area (TPSA) is 124 Å². The van der Waals surface area contributed by atoms with Gasteiger partial charge in [-0.3, -0.25) is 18.9 Å². The van der Waals surface area contributed by atoms with Crippen molar-refractivity contribution in [2.75, 3.05) is 12.4 Å². The Hall–Kier alpha value is -3.50. The van der Waals surface area contributed by atoms with E-state index in [0.717, 1.165) is 11.0 Å². The Kier molecular flexibility index (Phi) is 5.10. The highest BCUT2D eigenvalue weighted by molar-refractivity contribution is 6.37. The number of nitrogens with one attached hydrogen (secondary N) is 2. The maximum Gasteiger partial charge on any atom is 0.439 e. The van der Waals surface area contributed by atoms with Crippen molar-refractivity contribution in [3.63, 3.8) is 0 Å². The fourth-order valence-corrected chi connectivity index (χ4v) is 3.32. The number of aromatic amines is 1. The minimum absolute atomic E-state index is 0.161. The molecule has 0 aliphatic heterocycles. The van der Waals surface area contributed by atoms with Gasteiger partial charge in [-0.05, 0) is 29.4 Å². The lowest BCUT2D eigenvalue weighted by Gasteiger charge is -2.12. The van der Waals surface area contributed by atoms with Crippen LogP contribution in [0.3, 0.4) is 0 Å². The molecule has 0 saturated heterocycles. The van der Waals surface area contributed by atoms with Gasteiger partial charge in [0.05, 0.1) is 28.2 Å². The third kappa shape index (κ3) is 3.70. The predicted octanol–water partition coefficient (Wildman–Crippen LogP) is 3.61. The highest BCUT2D eigenvalue weighted by atomic mass is 35.5. The summed E-state index contributed by atoms with van der Waals surface area (Å²) in [4.78, 5) is 29.5. The van der Waals surface area contributed by atoms with Crippen LogP contribution in [0, 0.1) is 0 Å². The first kappa shape index (κ1) is 19.8. The van der Waals surface area contributed by atoms with Crippen LogP contribution < -0.4 is 20.5 Å². The number of hydrogen-bond donors (Lipinski definition) is 2. The van der Waals surface area contributed by atoms with E-state index in [0.29, 0.717) is 11.8 Å². The molecule has 0 radical (unpaired) electrons. The molecule has 0 fully saturated rings. The summed E-state index contributed by atoms with van der Waals surface area (Å²) in [6.07, 6.45) is 0. The van der Waals surface area contributed by atoms with E-state index < -0.39 is 11.7 Å². The van der Waals surface area contributed by atoms with Crippen LogP contribution in [0.1, 0.15) is 10.6 Å². The van der Waals surface area contributed by atoms with Crippen LogP contribution in [0.5, 0.6) is 17.5 Å². The summed E-state index contributed by atoms with van der Waals surface area (Å²) in [6, 6.07) is 8.63. The van der Waals surface area contributed by atoms with E-state index in [1.165, 1.54) is 12.1 Å². The lowest BCUT2D eigenvalue weighted by atomic mass is 10.2. The number of amides is 1. The third-order valence-corrected chi connectivity index (χ3v) is 4.69. The van der Waals surface area contributed by atoms with Crippen molar-refractivity contribution in [2.24, 2.45) is 7.05 Å². The van der Waals surface area contributed by atoms with Gasteiger partial charge in [0.25, 0.3) is 11.9 Å². The van der Waals surface area contributed by atoms with E-state index >= 15 is 0 Å². The van der Waals surface area contributed by atoms with Crippen LogP contribution in [0.2, 0.25) is 10.0 Å². The number of aryl methyl sites for hydroxylation is 1. The average Bonchev–Trinajstić information content (AvgIpc) is 3.28. The van der Waals surface area contributed by atoms with E-state index in [4.69, 9.17) is 32.7 Å². The first-order valence-corrected chi connectivity index (χ1v) is 9.16. The Morgan fingerprint density at radius 1 is 1.23 bits per heavy atom. The molecular weight excluding hydrogens is 437 g/mol. The lowest BCUT2D eigenvalue weighted by Crippen LogP contribution is -2.14. The van der Waals surface area contributed by atoms with Gasteiger partial charge in [0, 0.05) is 18.8 Å². The van der Waals surface area contributed by atoms with Crippen molar-refractivity contribution in [1.29, 1.82) is 0 Å². The quantitative estimate of drug-likeness (QED) is 0.476. The van der Waals surface area contributed by atoms with Gasteiger partial charge in [0.1, 0.15) is 5.75 Å². The highest BCUT2D eigenvalue weighted by Gasteiger charge is 2.16. The average molecular weight is 450 g/mol. The molecule has 2 heterocycles. The summed E-state index contributed by atoms with van der Waals surface area (Å²) < 4.78 is 17.1. The number of fused-ring (bicyclic) bond motifs is 1. The maximum atomic E-state index is 12.1. The summed E-state index contributed by atoms with van der Waals surface area (Å²) in [6.45, 7) is 0. The van der Waals surface area contributed by atoms with Gasteiger partial charge in [-0.15, -0.1) is 0 Å². The molecule has 0 aliphatic rings. The molecule has 2 N–H and O–H groups in total. The number of imidazole rings is 1. The van der Waals surface area contributed by atoms with Gasteiger partial charge in [-0.25, -0.2) is 4.79 Å². The molecule has 1 amide bonds. The highest BCUT2D eigenvalue weighted by Crippen LogP contribution is 2.39. The van der Waals surface area contributed by atoms with Gasteiger partial charge >= 0.3 is 5.76 Å². The predicted molar refractivity (Wildman–Crippen MR) is 109 cm³/mol. The Morgan fingerprint density at radius 3 is 2.60 bits per heavy atom. The molecule has 0 saturated carbocycles. The van der Waals surface area contributed by atoms with E-state index in [1.807, 2.05) is 7.05 Å². The van der Waals surface area contributed by atoms with Crippen LogP contribution in [0.15, 0.2) is 39.6 Å². The van der Waals surface area contributed by atoms with Crippen molar-refractivity contribution < 1.29 is 18.8 Å². The number of nitrogens with zero attached hydrogens (tertiary/aromatic N) is 3. The maximum absolute atomic E-state index is 12.1. The summed E-state index contributed by atoms with van der Waals surface area (Å²) >= 11 is 12.6. The van der Waals surface area contributed by atoms with Crippen molar-refractivity contribution >= 4 is 45.8 Å². The first-order chi connectivity index (χ1) is 14.4. The van der Waals surface area contributed by atoms with Crippen LogP contribution in [-0.4, -0.2) is 32.7 Å². The van der Waals surface area contributed by atoms with Crippen molar-refractivity contribution in [3.05, 3.63) is 56.8 Å². The second-order valence-electron chi connectivity index (χ2n) is 6.08. The Bertz CT molecular complexity index is 1300. The smallest absolute Gasteiger partial charge is 0.439 e. The number of aromatic nitrogens is 4. The van der Waals surface area contributed by atoms with Gasteiger partial charge < -0.3 is 14.8 Å². The zero-order chi connectivity index (χ0) is 21.4. The molecule has 154 valence electrons. The fraction of sp³-hybridized carbons (Fsp3) is 0.111. The molecule has 12 heteroatoms. The van der Waals surface area contributed by atoms with Crippen molar-refractivity contribution in [2.45, 2.75) is 0 Å². The number of carbonyl (C=O) groups is 1. The molecule has 2 aromatic carbocycles. The number of benzene rings is 2. The fourth-order valence-electron chi connectivity index (χ4n) is 2.76. The second kappa shape index (κ2) is 7.73. The molecule has 0 aliphatic carbocycles. The van der Waals surface area contributed by atoms with E-state index in [-0.39, 0.29) is 27.3 Å². The van der Waals surface area contributed by atoms with E-state index in [2.05, 4.69) is 25.0 Å². The molecule has 0 spiro atoms. The number of anilines is 1. The molecule has 4 aromatic rings. The third-order valence-electron chi connectivity index (χ3n) is 4.13. The van der Waals surface area contributed by atoms with Gasteiger partial charge in [0.2, 0.25) is 5.82 Å². The monoisotopic (exact) mass is 449 g/mol. The number of methoxy groups -OCH3 is 1. The van der Waals surface area contributed by atoms with Gasteiger partial charge in [0.15, 0.2) is 5.75 Å². The summed E-state index contributed by atoms with van der Waals surface area (Å²) in [5.74, 6) is -1.14. The summed E-state index contributed by atoms with van der Waals surface area (Å²) in [5.41, 5.74) is 1.81. The number of ether oxygens (including phenoxy) is 2. The second-order valence-corrected chi connectivity index (χ2v) is 6.89. The van der Waals surface area contributed by atoms with Gasteiger partial charge in [-0.1, -0.05) is 23.2 Å². The van der Waals surface area contributed by atoms with Crippen LogP contribution in [0.4, 0.5) is 5.69 Å². The standard InChI is InChI=1S/C18H13Cl2N5O5/c1-25-13-7-9(3-4-12(13)22-17(25)28-2)29-14-10(19)5-8(6-11(14)20)21-16(26)15-23-18(27)30-24-15/h3-7H,1-2H3,(H,21,26)(H,23,24,27). The van der Waals surface area contributed by atoms with E-state index in [9.17, 15) is 9.59 Å². The molecule has 0 bridgehead atoms. The number of H-pyrrole nitrogens is 1. The van der Waals surface area contributed by atoms with Crippen LogP contribution in [-0.2, 0) is 7.05 Å². The minimum atomic E-state index is -0.844. The first-order valence-electron chi connectivity index (χ1n) is 8.40. The molecule has 10 nitrogen and oxygen atoms in total. The summed E-state index contributed by atoms with van der Waals surface area (Å²) in [7, 11) is 3.36. The number of halogens is 2. The minimum Gasteiger partial charge on any atom is -0.468 e. The van der Waals surface area contributed by atoms with Crippen molar-refractivity contribution in [1.82, 2.24) is 19.7 Å². The SMILES string of the molecule is COc1nc2ccc(Oc3c(Cl)cc(NC(=O)c4noc(=O)[nH]4)cc3Cl)cc2n1C. The normalized spacial score (nSPS) is 10.9. The summed E-state index contributed by atoms with van der Waals surface area (Å²) in [5, 5.41) is 6.13. The largest absolute Gasteiger partial charge is 0.468 e. The van der Waals surface area contributed by atoms with E-state index in [1.54, 1.807) is 29.9 Å². The molecule has 4 rings (SSSR count). The van der Waals surface area contributed by atoms with Gasteiger partial charge in [-0.2, -0.15) is 4.98 Å². The zero-order valence-electron chi connectivity index (χ0n) is 15.5.